The number of allylic oxidation sites excluding steroid dienone is 5. The van der Waals surface area contributed by atoms with Crippen LogP contribution in [0.15, 0.2) is 218 Å². The van der Waals surface area contributed by atoms with E-state index in [1.807, 2.05) is 0 Å². The number of benzene rings is 9. The first-order valence-corrected chi connectivity index (χ1v) is 19.4. The summed E-state index contributed by atoms with van der Waals surface area (Å²) in [5, 5.41) is 12.3. The molecule has 0 N–H and O–H groups in total. The third-order valence-corrected chi connectivity index (χ3v) is 11.2. The van der Waals surface area contributed by atoms with E-state index < -0.39 is 0 Å². The molecule has 10 rings (SSSR count). The number of fused-ring (bicyclic) bond motifs is 6. The second kappa shape index (κ2) is 14.2. The third-order valence-electron chi connectivity index (χ3n) is 11.2. The summed E-state index contributed by atoms with van der Waals surface area (Å²) in [6.45, 7) is 4.55. The number of rotatable bonds is 5. The van der Waals surface area contributed by atoms with Crippen molar-refractivity contribution in [3.8, 4) is 11.1 Å². The predicted octanol–water partition coefficient (Wildman–Crippen LogP) is 13.5. The molecule has 0 fully saturated rings. The third kappa shape index (κ3) is 5.91. The van der Waals surface area contributed by atoms with Gasteiger partial charge in [-0.15, -0.1) is 0 Å². The second-order valence-corrected chi connectivity index (χ2v) is 14.5. The second-order valence-electron chi connectivity index (χ2n) is 14.5. The molecule has 0 saturated carbocycles. The molecule has 0 atom stereocenters. The van der Waals surface area contributed by atoms with Gasteiger partial charge in [0.2, 0.25) is 0 Å². The SMILES string of the molecule is C=C1/C=C\C=C/C/C=c2/ccccc2=C1c1ccc(N(c2ccc(-c3c4ccccc4cc4ccccc34)cc2)c2cc3ccccc3c3ccccc23)cc1. The summed E-state index contributed by atoms with van der Waals surface area (Å²) >= 11 is 0. The lowest BCUT2D eigenvalue weighted by Gasteiger charge is -2.28. The molecule has 0 aromatic heterocycles. The van der Waals surface area contributed by atoms with Crippen LogP contribution in [0.25, 0.3) is 65.9 Å². The van der Waals surface area contributed by atoms with Crippen LogP contribution in [0.2, 0.25) is 0 Å². The van der Waals surface area contributed by atoms with Crippen molar-refractivity contribution in [1.29, 1.82) is 0 Å². The summed E-state index contributed by atoms with van der Waals surface area (Å²) in [6.07, 6.45) is 11.7. The van der Waals surface area contributed by atoms with E-state index in [0.29, 0.717) is 0 Å². The lowest BCUT2D eigenvalue weighted by atomic mass is 9.92. The molecule has 1 aliphatic carbocycles. The molecule has 0 radical (unpaired) electrons. The minimum absolute atomic E-state index is 0.879. The molecule has 0 heterocycles. The zero-order valence-corrected chi connectivity index (χ0v) is 31.1. The summed E-state index contributed by atoms with van der Waals surface area (Å²) in [4.78, 5) is 2.42. The van der Waals surface area contributed by atoms with E-state index in [2.05, 4.69) is 224 Å². The fraction of sp³-hybridized carbons (Fsp3) is 0.0182. The Morgan fingerprint density at radius 2 is 0.982 bits per heavy atom. The minimum atomic E-state index is 0.879. The van der Waals surface area contributed by atoms with E-state index in [-0.39, 0.29) is 0 Å². The molecule has 56 heavy (non-hydrogen) atoms. The molecular formula is C55H39N. The number of hydrogen-bond acceptors (Lipinski definition) is 1. The van der Waals surface area contributed by atoms with Crippen molar-refractivity contribution in [3.05, 3.63) is 234 Å². The molecule has 1 heteroatoms. The van der Waals surface area contributed by atoms with Crippen LogP contribution in [0.5, 0.6) is 0 Å². The molecule has 9 aromatic rings. The molecular weight excluding hydrogens is 675 g/mol. The van der Waals surface area contributed by atoms with Gasteiger partial charge in [-0.05, 0) is 119 Å². The van der Waals surface area contributed by atoms with Crippen LogP contribution in [0.4, 0.5) is 17.1 Å². The lowest BCUT2D eigenvalue weighted by Crippen LogP contribution is -2.27. The van der Waals surface area contributed by atoms with Crippen molar-refractivity contribution in [3.63, 3.8) is 0 Å². The molecule has 1 aliphatic rings. The van der Waals surface area contributed by atoms with Gasteiger partial charge in [0.15, 0.2) is 0 Å². The number of anilines is 3. The van der Waals surface area contributed by atoms with Gasteiger partial charge in [-0.3, -0.25) is 0 Å². The molecule has 0 aliphatic heterocycles. The van der Waals surface area contributed by atoms with Crippen molar-refractivity contribution >= 4 is 71.8 Å². The highest BCUT2D eigenvalue weighted by Crippen LogP contribution is 2.44. The zero-order valence-electron chi connectivity index (χ0n) is 31.1. The maximum absolute atomic E-state index is 4.55. The monoisotopic (exact) mass is 713 g/mol. The summed E-state index contributed by atoms with van der Waals surface area (Å²) in [5.74, 6) is 0. The topological polar surface area (TPSA) is 3.24 Å². The first-order chi connectivity index (χ1) is 27.7. The predicted molar refractivity (Wildman–Crippen MR) is 241 cm³/mol. The summed E-state index contributed by atoms with van der Waals surface area (Å²) in [7, 11) is 0. The zero-order chi connectivity index (χ0) is 37.4. The Labute approximate surface area is 327 Å². The minimum Gasteiger partial charge on any atom is -0.310 e. The van der Waals surface area contributed by atoms with Crippen molar-refractivity contribution in [2.75, 3.05) is 4.90 Å². The van der Waals surface area contributed by atoms with Crippen LogP contribution in [0.3, 0.4) is 0 Å². The van der Waals surface area contributed by atoms with E-state index in [0.717, 1.165) is 40.2 Å². The van der Waals surface area contributed by atoms with Crippen LogP contribution in [-0.2, 0) is 0 Å². The van der Waals surface area contributed by atoms with Crippen LogP contribution in [0.1, 0.15) is 12.0 Å². The van der Waals surface area contributed by atoms with Gasteiger partial charge in [0, 0.05) is 16.8 Å². The number of nitrogens with zero attached hydrogens (tertiary/aromatic N) is 1. The molecule has 1 nitrogen and oxygen atoms in total. The molecule has 0 saturated heterocycles. The van der Waals surface area contributed by atoms with Crippen molar-refractivity contribution in [2.24, 2.45) is 0 Å². The Kier molecular flexibility index (Phi) is 8.46. The summed E-state index contributed by atoms with van der Waals surface area (Å²) < 4.78 is 0. The van der Waals surface area contributed by atoms with E-state index in [1.165, 1.54) is 64.7 Å². The van der Waals surface area contributed by atoms with Gasteiger partial charge < -0.3 is 4.90 Å². The standard InChI is InChI=1S/C55H39N/c1-38-16-4-2-3-5-17-39-18-6-11-23-48(39)54(38)40-28-32-45(33-29-40)56(53-37-44-21-7-10-22-47(44)51-26-14-15-27-52(51)53)46-34-30-41(31-35-46)55-49-24-12-8-19-42(49)36-43-20-9-13-25-50(43)55/h2-4,6-37H,1,5H2/b3-2-,16-4-,39-17-,54-48?. The smallest absolute Gasteiger partial charge is 0.0546 e. The van der Waals surface area contributed by atoms with E-state index in [1.54, 1.807) is 0 Å². The average Bonchev–Trinajstić information content (AvgIpc) is 3.25. The maximum Gasteiger partial charge on any atom is 0.0546 e. The highest BCUT2D eigenvalue weighted by atomic mass is 15.1. The largest absolute Gasteiger partial charge is 0.310 e. The maximum atomic E-state index is 4.55. The van der Waals surface area contributed by atoms with Crippen LogP contribution in [0, 0.1) is 0 Å². The van der Waals surface area contributed by atoms with Crippen LogP contribution >= 0.6 is 0 Å². The Bertz CT molecular complexity index is 3110. The Morgan fingerprint density at radius 1 is 0.446 bits per heavy atom. The van der Waals surface area contributed by atoms with Crippen molar-refractivity contribution in [2.45, 2.75) is 6.42 Å². The van der Waals surface area contributed by atoms with E-state index >= 15 is 0 Å². The van der Waals surface area contributed by atoms with E-state index in [4.69, 9.17) is 0 Å². The van der Waals surface area contributed by atoms with Crippen molar-refractivity contribution < 1.29 is 0 Å². The van der Waals surface area contributed by atoms with Gasteiger partial charge in [0.1, 0.15) is 0 Å². The normalized spacial score (nSPS) is 14.7. The van der Waals surface area contributed by atoms with Gasteiger partial charge >= 0.3 is 0 Å². The lowest BCUT2D eigenvalue weighted by molar-refractivity contribution is 1.30. The van der Waals surface area contributed by atoms with Crippen molar-refractivity contribution in [1.82, 2.24) is 0 Å². The van der Waals surface area contributed by atoms with Gasteiger partial charge in [0.05, 0.1) is 5.69 Å². The van der Waals surface area contributed by atoms with Gasteiger partial charge in [-0.1, -0.05) is 183 Å². The molecule has 264 valence electrons. The van der Waals surface area contributed by atoms with Crippen LogP contribution in [-0.4, -0.2) is 0 Å². The molecule has 0 unspecified atom stereocenters. The fourth-order valence-corrected chi connectivity index (χ4v) is 8.55. The highest BCUT2D eigenvalue weighted by Gasteiger charge is 2.19. The first kappa shape index (κ1) is 33.4. The Hall–Kier alpha value is -7.22. The van der Waals surface area contributed by atoms with E-state index in [9.17, 15) is 0 Å². The first-order valence-electron chi connectivity index (χ1n) is 19.4. The quantitative estimate of drug-likeness (QED) is 0.127. The highest BCUT2D eigenvalue weighted by molar-refractivity contribution is 6.15. The Morgan fingerprint density at radius 3 is 1.66 bits per heavy atom. The average molecular weight is 714 g/mol. The molecule has 9 aromatic carbocycles. The van der Waals surface area contributed by atoms with Gasteiger partial charge in [-0.2, -0.15) is 0 Å². The molecule has 0 amide bonds. The number of hydrogen-bond donors (Lipinski definition) is 0. The summed E-state index contributed by atoms with van der Waals surface area (Å²) in [6, 6.07) is 66.5. The van der Waals surface area contributed by atoms with Gasteiger partial charge in [0.25, 0.3) is 0 Å². The van der Waals surface area contributed by atoms with Gasteiger partial charge in [-0.25, -0.2) is 0 Å². The Balaban J connectivity index is 1.17. The summed E-state index contributed by atoms with van der Waals surface area (Å²) in [5.41, 5.74) is 9.05. The van der Waals surface area contributed by atoms with Crippen LogP contribution < -0.4 is 15.3 Å². The molecule has 0 spiro atoms. The fourth-order valence-electron chi connectivity index (χ4n) is 8.55. The molecule has 0 bridgehead atoms.